The Labute approximate surface area is 278 Å². The smallest absolute Gasteiger partial charge is 0.118 e. The predicted molar refractivity (Wildman–Crippen MR) is 192 cm³/mol. The summed E-state index contributed by atoms with van der Waals surface area (Å²) < 4.78 is 13.5. The Kier molecular flexibility index (Phi) is 6.24. The van der Waals surface area contributed by atoms with Crippen molar-refractivity contribution in [2.24, 2.45) is 23.7 Å². The molecule has 6 aliphatic rings. The maximum atomic E-state index is 5.60. The van der Waals surface area contributed by atoms with Crippen LogP contribution in [0.2, 0.25) is 22.2 Å². The summed E-state index contributed by atoms with van der Waals surface area (Å²) in [6, 6.07) is 36.2. The second kappa shape index (κ2) is 9.92. The van der Waals surface area contributed by atoms with Gasteiger partial charge in [-0.15, -0.1) is 0 Å². The molecule has 0 radical (unpaired) electrons. The minimum absolute atomic E-state index is 0.859. The third-order valence-electron chi connectivity index (χ3n) is 12.4. The van der Waals surface area contributed by atoms with Crippen molar-refractivity contribution in [3.05, 3.63) is 129 Å². The van der Waals surface area contributed by atoms with Crippen LogP contribution >= 0.6 is 31.9 Å². The molecular formula is C38H34Br2O2Si2. The average molecular weight is 739 g/mol. The first kappa shape index (κ1) is 27.6. The van der Waals surface area contributed by atoms with Gasteiger partial charge in [-0.1, -0.05) is 114 Å². The van der Waals surface area contributed by atoms with Crippen molar-refractivity contribution < 1.29 is 9.47 Å². The fraction of sp³-hybridized carbons (Fsp3) is 0.263. The Hall–Kier alpha value is -2.65. The highest BCUT2D eigenvalue weighted by molar-refractivity contribution is 9.10. The van der Waals surface area contributed by atoms with E-state index in [1.54, 1.807) is 24.6 Å². The van der Waals surface area contributed by atoms with Crippen LogP contribution in [0.1, 0.15) is 11.1 Å². The van der Waals surface area contributed by atoms with Crippen molar-refractivity contribution in [3.8, 4) is 11.5 Å². The molecule has 6 heteroatoms. The summed E-state index contributed by atoms with van der Waals surface area (Å²) in [7, 11) is -0.289. The first-order valence-electron chi connectivity index (χ1n) is 15.7. The minimum Gasteiger partial charge on any atom is -0.497 e. The molecular weight excluding hydrogens is 704 g/mol. The van der Waals surface area contributed by atoms with E-state index in [0.717, 1.165) is 66.3 Å². The van der Waals surface area contributed by atoms with E-state index in [4.69, 9.17) is 9.47 Å². The molecule has 2 nitrogen and oxygen atoms in total. The zero-order valence-electron chi connectivity index (χ0n) is 24.7. The summed E-state index contributed by atoms with van der Waals surface area (Å²) in [6.07, 6.45) is 4.96. The van der Waals surface area contributed by atoms with E-state index in [2.05, 4.69) is 152 Å². The number of hydrogen-bond donors (Lipinski definition) is 0. The molecule has 4 saturated heterocycles. The molecule has 6 fully saturated rings. The number of ether oxygens (including phenoxy) is 2. The molecule has 44 heavy (non-hydrogen) atoms. The van der Waals surface area contributed by atoms with Crippen molar-refractivity contribution >= 4 is 70.5 Å². The zero-order chi connectivity index (χ0) is 29.8. The maximum absolute atomic E-state index is 5.60. The lowest BCUT2D eigenvalue weighted by atomic mass is 9.45. The molecule has 0 atom stereocenters. The molecule has 0 amide bonds. The molecule has 4 aliphatic heterocycles. The Morgan fingerprint density at radius 1 is 0.477 bits per heavy atom. The van der Waals surface area contributed by atoms with Crippen LogP contribution in [0.4, 0.5) is 0 Å². The summed E-state index contributed by atoms with van der Waals surface area (Å²) in [5, 5.41) is 3.25. The third kappa shape index (κ3) is 3.46. The van der Waals surface area contributed by atoms with Gasteiger partial charge < -0.3 is 9.47 Å². The standard InChI is InChI=1S/C38H34Br2O2Si2/c1-41-27-11-15-29(16-12-27)43(21-19-23-3-7-25(39)8-4-23)35-31-32-36(43)34-33(35)37(31)44(38(32)34,30-17-13-28(42-2)14-18-30)22-20-24-5-9-26(40)10-6-24/h3-22,31-38H,1-2H3/b21-19+,22-20+. The quantitative estimate of drug-likeness (QED) is 0.169. The molecule has 10 rings (SSSR count). The molecule has 4 aromatic rings. The van der Waals surface area contributed by atoms with Crippen LogP contribution in [0.3, 0.4) is 0 Å². The zero-order valence-corrected chi connectivity index (χ0v) is 29.9. The van der Waals surface area contributed by atoms with Gasteiger partial charge in [0.15, 0.2) is 0 Å². The van der Waals surface area contributed by atoms with Gasteiger partial charge in [0, 0.05) is 8.95 Å². The fourth-order valence-corrected chi connectivity index (χ4v) is 27.3. The molecule has 0 N–H and O–H groups in total. The second-order valence-electron chi connectivity index (χ2n) is 13.5. The number of halogens is 2. The molecule has 2 aliphatic carbocycles. The van der Waals surface area contributed by atoms with Crippen molar-refractivity contribution in [2.75, 3.05) is 14.2 Å². The SMILES string of the molecule is COc1ccc([Si]2(/C=C/c3ccc(Br)cc3)C3C4C5C2C2C3C4[Si](/C=C/c3ccc(Br)cc3)(c3ccc(OC)cc3)C52)cc1. The van der Waals surface area contributed by atoms with Crippen LogP contribution in [0.25, 0.3) is 12.2 Å². The van der Waals surface area contributed by atoms with Crippen LogP contribution in [0, 0.1) is 23.7 Å². The number of rotatable bonds is 8. The summed E-state index contributed by atoms with van der Waals surface area (Å²) in [5.41, 5.74) is 11.6. The maximum Gasteiger partial charge on any atom is 0.118 e. The van der Waals surface area contributed by atoms with Gasteiger partial charge in [-0.3, -0.25) is 0 Å². The minimum atomic E-state index is -1.92. The molecule has 4 bridgehead atoms. The van der Waals surface area contributed by atoms with Crippen molar-refractivity contribution in [1.82, 2.24) is 0 Å². The van der Waals surface area contributed by atoms with Gasteiger partial charge >= 0.3 is 0 Å². The lowest BCUT2D eigenvalue weighted by Crippen LogP contribution is -2.60. The Morgan fingerprint density at radius 2 is 0.795 bits per heavy atom. The van der Waals surface area contributed by atoms with Gasteiger partial charge in [0.1, 0.15) is 27.6 Å². The van der Waals surface area contributed by atoms with Gasteiger partial charge in [0.25, 0.3) is 0 Å². The third-order valence-corrected chi connectivity index (χ3v) is 25.1. The van der Waals surface area contributed by atoms with Gasteiger partial charge in [-0.25, -0.2) is 0 Å². The van der Waals surface area contributed by atoms with E-state index in [0.29, 0.717) is 0 Å². The highest BCUT2D eigenvalue weighted by Gasteiger charge is 2.96. The normalized spacial score (nSPS) is 36.6. The van der Waals surface area contributed by atoms with E-state index in [-0.39, 0.29) is 0 Å². The Morgan fingerprint density at radius 3 is 1.09 bits per heavy atom. The summed E-state index contributed by atoms with van der Waals surface area (Å²) >= 11 is 7.24. The van der Waals surface area contributed by atoms with E-state index in [1.807, 2.05) is 0 Å². The lowest BCUT2D eigenvalue weighted by molar-refractivity contribution is -0.0323. The summed E-state index contributed by atoms with van der Waals surface area (Å²) in [5.74, 6) is 5.39. The second-order valence-corrected chi connectivity index (χ2v) is 23.6. The van der Waals surface area contributed by atoms with Gasteiger partial charge in [0.05, 0.1) is 14.2 Å². The van der Waals surface area contributed by atoms with Gasteiger partial charge in [0.2, 0.25) is 0 Å². The molecule has 220 valence electrons. The molecule has 0 spiro atoms. The molecule has 4 heterocycles. The van der Waals surface area contributed by atoms with Crippen LogP contribution in [0.15, 0.2) is 117 Å². The van der Waals surface area contributed by atoms with E-state index >= 15 is 0 Å². The Bertz CT molecular complexity index is 1620. The summed E-state index contributed by atoms with van der Waals surface area (Å²) in [6.45, 7) is 0. The van der Waals surface area contributed by atoms with E-state index < -0.39 is 16.1 Å². The van der Waals surface area contributed by atoms with Crippen LogP contribution < -0.4 is 19.8 Å². The predicted octanol–water partition coefficient (Wildman–Crippen LogP) is 8.76. The molecule has 4 aromatic carbocycles. The highest BCUT2D eigenvalue weighted by atomic mass is 79.9. The lowest BCUT2D eigenvalue weighted by Gasteiger charge is -2.59. The monoisotopic (exact) mass is 736 g/mol. The van der Waals surface area contributed by atoms with E-state index in [9.17, 15) is 0 Å². The number of hydrogen-bond acceptors (Lipinski definition) is 2. The van der Waals surface area contributed by atoms with Gasteiger partial charge in [-0.05, 0) is 105 Å². The largest absolute Gasteiger partial charge is 0.497 e. The number of benzene rings is 4. The first-order chi connectivity index (χ1) is 21.5. The van der Waals surface area contributed by atoms with E-state index in [1.165, 1.54) is 11.1 Å². The first-order valence-corrected chi connectivity index (χ1v) is 21.7. The van der Waals surface area contributed by atoms with Crippen molar-refractivity contribution in [1.29, 1.82) is 0 Å². The van der Waals surface area contributed by atoms with Crippen molar-refractivity contribution in [2.45, 2.75) is 22.2 Å². The molecule has 0 aromatic heterocycles. The van der Waals surface area contributed by atoms with Crippen LogP contribution in [0.5, 0.6) is 11.5 Å². The van der Waals surface area contributed by atoms with Crippen LogP contribution in [-0.4, -0.2) is 30.4 Å². The fourth-order valence-electron chi connectivity index (χ4n) is 11.3. The highest BCUT2D eigenvalue weighted by Crippen LogP contribution is 3.00. The Balaban J connectivity index is 1.15. The molecule has 2 saturated carbocycles. The summed E-state index contributed by atoms with van der Waals surface area (Å²) in [4.78, 5) is 0. The van der Waals surface area contributed by atoms with Gasteiger partial charge in [-0.2, -0.15) is 0 Å². The topological polar surface area (TPSA) is 18.5 Å². The average Bonchev–Trinajstić information content (AvgIpc) is 3.54. The number of methoxy groups -OCH3 is 2. The molecule has 0 unspecified atom stereocenters. The van der Waals surface area contributed by atoms with Crippen LogP contribution in [-0.2, 0) is 0 Å². The van der Waals surface area contributed by atoms with Crippen molar-refractivity contribution in [3.63, 3.8) is 0 Å².